The summed E-state index contributed by atoms with van der Waals surface area (Å²) in [4.78, 5) is 8.57. The average molecular weight is 281 g/mol. The lowest BCUT2D eigenvalue weighted by atomic mass is 10.1. The van der Waals surface area contributed by atoms with E-state index < -0.39 is 0 Å². The molecule has 19 heavy (non-hydrogen) atoms. The van der Waals surface area contributed by atoms with Crippen molar-refractivity contribution in [3.63, 3.8) is 0 Å². The Morgan fingerprint density at radius 3 is 2.42 bits per heavy atom. The van der Waals surface area contributed by atoms with Crippen molar-refractivity contribution in [1.82, 2.24) is 4.98 Å². The molecule has 108 valence electrons. The first-order chi connectivity index (χ1) is 8.99. The number of hydrogen-bond acceptors (Lipinski definition) is 4. The van der Waals surface area contributed by atoms with Gasteiger partial charge in [0.25, 0.3) is 0 Å². The van der Waals surface area contributed by atoms with Crippen molar-refractivity contribution in [1.29, 1.82) is 0 Å². The van der Waals surface area contributed by atoms with E-state index in [-0.39, 0.29) is 6.04 Å². The van der Waals surface area contributed by atoms with Gasteiger partial charge in [0.1, 0.15) is 0 Å². The van der Waals surface area contributed by atoms with Crippen molar-refractivity contribution in [2.75, 3.05) is 11.4 Å². The predicted molar refractivity (Wildman–Crippen MR) is 83.9 cm³/mol. The summed E-state index contributed by atoms with van der Waals surface area (Å²) < 4.78 is 0. The maximum absolute atomic E-state index is 6.03. The second kappa shape index (κ2) is 6.23. The van der Waals surface area contributed by atoms with Gasteiger partial charge in [-0.2, -0.15) is 0 Å². The standard InChI is InChI=1S/C15H27N3S/c1-10(2)9-18(13-7-5-6-8-13)15-17-12(4)14(19-15)11(3)16/h10-11,13H,5-9,16H2,1-4H3. The van der Waals surface area contributed by atoms with Gasteiger partial charge in [0.05, 0.1) is 5.69 Å². The molecule has 1 heterocycles. The molecule has 1 aliphatic rings. The summed E-state index contributed by atoms with van der Waals surface area (Å²) in [5.41, 5.74) is 7.15. The van der Waals surface area contributed by atoms with E-state index >= 15 is 0 Å². The Labute approximate surface area is 121 Å². The molecule has 0 amide bonds. The molecule has 1 fully saturated rings. The van der Waals surface area contributed by atoms with Crippen LogP contribution >= 0.6 is 11.3 Å². The third-order valence-electron chi connectivity index (χ3n) is 3.81. The van der Waals surface area contributed by atoms with Crippen LogP contribution in [0.3, 0.4) is 0 Å². The van der Waals surface area contributed by atoms with Crippen LogP contribution in [-0.4, -0.2) is 17.6 Å². The number of rotatable bonds is 5. The van der Waals surface area contributed by atoms with Crippen LogP contribution in [0.1, 0.15) is 63.1 Å². The molecule has 0 bridgehead atoms. The van der Waals surface area contributed by atoms with Gasteiger partial charge in [-0.05, 0) is 32.6 Å². The zero-order valence-electron chi connectivity index (χ0n) is 12.6. The summed E-state index contributed by atoms with van der Waals surface area (Å²) in [6.45, 7) is 9.81. The predicted octanol–water partition coefficient (Wildman–Crippen LogP) is 3.88. The van der Waals surface area contributed by atoms with Crippen LogP contribution in [0.4, 0.5) is 5.13 Å². The Bertz CT molecular complexity index is 406. The largest absolute Gasteiger partial charge is 0.345 e. The molecule has 1 saturated carbocycles. The Morgan fingerprint density at radius 1 is 1.32 bits per heavy atom. The summed E-state index contributed by atoms with van der Waals surface area (Å²) in [5, 5.41) is 1.19. The molecule has 0 spiro atoms. The fourth-order valence-electron chi connectivity index (χ4n) is 2.93. The van der Waals surface area contributed by atoms with E-state index in [0.29, 0.717) is 12.0 Å². The molecule has 2 rings (SSSR count). The molecule has 0 aliphatic heterocycles. The molecule has 1 unspecified atom stereocenters. The number of thiazole rings is 1. The van der Waals surface area contributed by atoms with Crippen molar-refractivity contribution in [3.05, 3.63) is 10.6 Å². The number of hydrogen-bond donors (Lipinski definition) is 1. The highest BCUT2D eigenvalue weighted by Gasteiger charge is 2.26. The number of anilines is 1. The molecule has 1 atom stereocenters. The highest BCUT2D eigenvalue weighted by Crippen LogP contribution is 2.34. The van der Waals surface area contributed by atoms with E-state index in [9.17, 15) is 0 Å². The van der Waals surface area contributed by atoms with E-state index in [0.717, 1.165) is 12.2 Å². The van der Waals surface area contributed by atoms with Gasteiger partial charge in [-0.1, -0.05) is 26.7 Å². The Kier molecular flexibility index (Phi) is 4.85. The van der Waals surface area contributed by atoms with Gasteiger partial charge in [-0.25, -0.2) is 4.98 Å². The van der Waals surface area contributed by atoms with Crippen LogP contribution in [0.2, 0.25) is 0 Å². The Hall–Kier alpha value is -0.610. The zero-order valence-corrected chi connectivity index (χ0v) is 13.5. The topological polar surface area (TPSA) is 42.2 Å². The molecule has 1 aliphatic carbocycles. The third kappa shape index (κ3) is 3.48. The highest BCUT2D eigenvalue weighted by atomic mass is 32.1. The minimum Gasteiger partial charge on any atom is -0.345 e. The second-order valence-corrected chi connectivity index (χ2v) is 7.23. The number of nitrogens with two attached hydrogens (primary N) is 1. The van der Waals surface area contributed by atoms with Crippen molar-refractivity contribution < 1.29 is 0 Å². The smallest absolute Gasteiger partial charge is 0.186 e. The van der Waals surface area contributed by atoms with Crippen LogP contribution in [0.25, 0.3) is 0 Å². The van der Waals surface area contributed by atoms with Crippen molar-refractivity contribution >= 4 is 16.5 Å². The van der Waals surface area contributed by atoms with Crippen molar-refractivity contribution in [2.24, 2.45) is 11.7 Å². The lowest BCUT2D eigenvalue weighted by Gasteiger charge is -2.30. The van der Waals surface area contributed by atoms with E-state index in [1.165, 1.54) is 35.7 Å². The molecule has 4 heteroatoms. The molecule has 3 nitrogen and oxygen atoms in total. The SMILES string of the molecule is Cc1nc(N(CC(C)C)C2CCCC2)sc1C(C)N. The lowest BCUT2D eigenvalue weighted by Crippen LogP contribution is -2.36. The van der Waals surface area contributed by atoms with Gasteiger partial charge < -0.3 is 10.6 Å². The molecule has 2 N–H and O–H groups in total. The fourth-order valence-corrected chi connectivity index (χ4v) is 4.03. The van der Waals surface area contributed by atoms with Crippen molar-refractivity contribution in [3.8, 4) is 0 Å². The zero-order chi connectivity index (χ0) is 14.0. The minimum absolute atomic E-state index is 0.0933. The maximum Gasteiger partial charge on any atom is 0.186 e. The van der Waals surface area contributed by atoms with Gasteiger partial charge in [0.2, 0.25) is 0 Å². The Morgan fingerprint density at radius 2 is 1.95 bits per heavy atom. The normalized spacial score (nSPS) is 18.2. The van der Waals surface area contributed by atoms with Crippen LogP contribution < -0.4 is 10.6 Å². The molecule has 0 saturated heterocycles. The fraction of sp³-hybridized carbons (Fsp3) is 0.800. The van der Waals surface area contributed by atoms with Gasteiger partial charge in [-0.15, -0.1) is 11.3 Å². The number of aryl methyl sites for hydroxylation is 1. The average Bonchev–Trinajstić information content (AvgIpc) is 2.94. The molecule has 1 aromatic rings. The summed E-state index contributed by atoms with van der Waals surface area (Å²) in [7, 11) is 0. The molecular formula is C15H27N3S. The Balaban J connectivity index is 2.24. The molecule has 1 aromatic heterocycles. The van der Waals surface area contributed by atoms with E-state index in [2.05, 4.69) is 25.7 Å². The van der Waals surface area contributed by atoms with Gasteiger partial charge >= 0.3 is 0 Å². The van der Waals surface area contributed by atoms with E-state index in [4.69, 9.17) is 10.7 Å². The molecule has 0 radical (unpaired) electrons. The molecular weight excluding hydrogens is 254 g/mol. The van der Waals surface area contributed by atoms with Gasteiger partial charge in [0, 0.05) is 23.5 Å². The summed E-state index contributed by atoms with van der Waals surface area (Å²) in [6, 6.07) is 0.782. The minimum atomic E-state index is 0.0933. The second-order valence-electron chi connectivity index (χ2n) is 6.22. The maximum atomic E-state index is 6.03. The van der Waals surface area contributed by atoms with Crippen molar-refractivity contribution in [2.45, 2.75) is 65.5 Å². The summed E-state index contributed by atoms with van der Waals surface area (Å²) >= 11 is 1.79. The van der Waals surface area contributed by atoms with Gasteiger partial charge in [-0.3, -0.25) is 0 Å². The van der Waals surface area contributed by atoms with Crippen LogP contribution in [0.5, 0.6) is 0 Å². The van der Waals surface area contributed by atoms with Crippen LogP contribution in [0.15, 0.2) is 0 Å². The van der Waals surface area contributed by atoms with E-state index in [1.807, 2.05) is 6.92 Å². The number of aromatic nitrogens is 1. The summed E-state index contributed by atoms with van der Waals surface area (Å²) in [6.07, 6.45) is 5.37. The monoisotopic (exact) mass is 281 g/mol. The van der Waals surface area contributed by atoms with Crippen LogP contribution in [-0.2, 0) is 0 Å². The van der Waals surface area contributed by atoms with Gasteiger partial charge in [0.15, 0.2) is 5.13 Å². The lowest BCUT2D eigenvalue weighted by molar-refractivity contribution is 0.534. The number of nitrogens with zero attached hydrogens (tertiary/aromatic N) is 2. The first-order valence-electron chi connectivity index (χ1n) is 7.48. The third-order valence-corrected chi connectivity index (χ3v) is 5.20. The quantitative estimate of drug-likeness (QED) is 0.890. The first-order valence-corrected chi connectivity index (χ1v) is 8.30. The molecule has 0 aromatic carbocycles. The first kappa shape index (κ1) is 14.8. The highest BCUT2D eigenvalue weighted by molar-refractivity contribution is 7.15. The van der Waals surface area contributed by atoms with E-state index in [1.54, 1.807) is 11.3 Å². The van der Waals surface area contributed by atoms with Crippen LogP contribution in [0, 0.1) is 12.8 Å². The summed E-state index contributed by atoms with van der Waals surface area (Å²) in [5.74, 6) is 0.670.